The lowest BCUT2D eigenvalue weighted by atomic mass is 10.1. The Morgan fingerprint density at radius 2 is 1.86 bits per heavy atom. The molecule has 1 aliphatic carbocycles. The molecule has 0 bridgehead atoms. The molecular weight excluding hydrogens is 413 g/mol. The zero-order chi connectivity index (χ0) is 18.6. The Balaban J connectivity index is 0.00000150. The molecular formula is C20H25Cl2N5O2. The first-order chi connectivity index (χ1) is 13.2. The maximum absolute atomic E-state index is 11.0. The monoisotopic (exact) mass is 437 g/mol. The predicted molar refractivity (Wildman–Crippen MR) is 117 cm³/mol. The van der Waals surface area contributed by atoms with Crippen LogP contribution in [0.3, 0.4) is 0 Å². The minimum absolute atomic E-state index is 0. The van der Waals surface area contributed by atoms with Crippen LogP contribution in [0.15, 0.2) is 42.7 Å². The summed E-state index contributed by atoms with van der Waals surface area (Å²) in [5.41, 5.74) is 5.07. The van der Waals surface area contributed by atoms with Crippen LogP contribution in [0.4, 0.5) is 5.82 Å². The van der Waals surface area contributed by atoms with Crippen molar-refractivity contribution in [3.63, 3.8) is 0 Å². The second-order valence-electron chi connectivity index (χ2n) is 7.09. The van der Waals surface area contributed by atoms with Gasteiger partial charge in [-0.05, 0) is 36.5 Å². The van der Waals surface area contributed by atoms with Gasteiger partial charge in [-0.15, -0.1) is 24.8 Å². The standard InChI is InChI=1S/C20H23N5O2.2ClH/c26-20(24-27)6-5-16-11-22-19(12-21-16)23-17-7-8-25(13-17)18-9-14-3-1-2-4-15(14)10-18;;/h1-6,11-12,17-18,27H,7-10,13H2,(H,22,23)(H,24,26);2*1H/t17-;;/m1../s1. The lowest BCUT2D eigenvalue weighted by Gasteiger charge is -2.23. The number of benzene rings is 1. The average molecular weight is 438 g/mol. The van der Waals surface area contributed by atoms with Crippen molar-refractivity contribution < 1.29 is 10.0 Å². The van der Waals surface area contributed by atoms with Gasteiger partial charge in [-0.25, -0.2) is 10.5 Å². The molecule has 1 aliphatic heterocycles. The molecule has 7 nitrogen and oxygen atoms in total. The van der Waals surface area contributed by atoms with Gasteiger partial charge in [0.15, 0.2) is 0 Å². The zero-order valence-electron chi connectivity index (χ0n) is 15.8. The van der Waals surface area contributed by atoms with Crippen LogP contribution in [0.5, 0.6) is 0 Å². The highest BCUT2D eigenvalue weighted by Crippen LogP contribution is 2.28. The van der Waals surface area contributed by atoms with Crippen molar-refractivity contribution in [1.29, 1.82) is 0 Å². The number of halogens is 2. The molecule has 1 aromatic carbocycles. The predicted octanol–water partition coefficient (Wildman–Crippen LogP) is 2.49. The fraction of sp³-hybridized carbons (Fsp3) is 0.350. The number of likely N-dealkylation sites (tertiary alicyclic amines) is 1. The van der Waals surface area contributed by atoms with Crippen LogP contribution in [-0.4, -0.2) is 51.2 Å². The summed E-state index contributed by atoms with van der Waals surface area (Å²) in [4.78, 5) is 22.2. The van der Waals surface area contributed by atoms with Crippen molar-refractivity contribution in [2.45, 2.75) is 31.3 Å². The number of aromatic nitrogens is 2. The fourth-order valence-corrected chi connectivity index (χ4v) is 3.94. The van der Waals surface area contributed by atoms with Crippen molar-refractivity contribution >= 4 is 42.6 Å². The third-order valence-corrected chi connectivity index (χ3v) is 5.31. The van der Waals surface area contributed by atoms with E-state index in [0.29, 0.717) is 17.8 Å². The van der Waals surface area contributed by atoms with Crippen LogP contribution in [-0.2, 0) is 17.6 Å². The molecule has 4 rings (SSSR count). The topological polar surface area (TPSA) is 90.4 Å². The van der Waals surface area contributed by atoms with E-state index in [9.17, 15) is 4.79 Å². The quantitative estimate of drug-likeness (QED) is 0.378. The van der Waals surface area contributed by atoms with E-state index in [4.69, 9.17) is 5.21 Å². The molecule has 1 aromatic heterocycles. The molecule has 0 radical (unpaired) electrons. The van der Waals surface area contributed by atoms with E-state index in [-0.39, 0.29) is 24.8 Å². The number of amides is 1. The Hall–Kier alpha value is -2.19. The Morgan fingerprint density at radius 3 is 2.48 bits per heavy atom. The molecule has 0 spiro atoms. The number of rotatable bonds is 5. The largest absolute Gasteiger partial charge is 0.365 e. The molecule has 2 aliphatic rings. The molecule has 0 saturated carbocycles. The molecule has 156 valence electrons. The Kier molecular flexibility index (Phi) is 8.40. The number of fused-ring (bicyclic) bond motifs is 1. The van der Waals surface area contributed by atoms with Crippen molar-refractivity contribution in [2.75, 3.05) is 18.4 Å². The highest BCUT2D eigenvalue weighted by Gasteiger charge is 2.32. The van der Waals surface area contributed by atoms with E-state index in [1.165, 1.54) is 28.8 Å². The van der Waals surface area contributed by atoms with E-state index in [1.54, 1.807) is 12.4 Å². The molecule has 2 aromatic rings. The third kappa shape index (κ3) is 5.67. The molecule has 1 saturated heterocycles. The molecule has 1 amide bonds. The number of carbonyl (C=O) groups excluding carboxylic acids is 1. The van der Waals surface area contributed by atoms with Crippen LogP contribution in [0.2, 0.25) is 0 Å². The first-order valence-electron chi connectivity index (χ1n) is 9.23. The molecule has 1 atom stereocenters. The van der Waals surface area contributed by atoms with Gasteiger partial charge in [0.1, 0.15) is 5.82 Å². The fourth-order valence-electron chi connectivity index (χ4n) is 3.94. The van der Waals surface area contributed by atoms with Gasteiger partial charge in [-0.2, -0.15) is 0 Å². The van der Waals surface area contributed by atoms with Crippen LogP contribution >= 0.6 is 24.8 Å². The van der Waals surface area contributed by atoms with Gasteiger partial charge >= 0.3 is 0 Å². The first-order valence-corrected chi connectivity index (χ1v) is 9.23. The van der Waals surface area contributed by atoms with Gasteiger partial charge < -0.3 is 5.32 Å². The van der Waals surface area contributed by atoms with Gasteiger partial charge in [0, 0.05) is 31.2 Å². The number of hydrogen-bond donors (Lipinski definition) is 3. The van der Waals surface area contributed by atoms with Gasteiger partial charge in [0.25, 0.3) is 5.91 Å². The SMILES string of the molecule is Cl.Cl.O=C(C=Cc1cnc(N[C@@H]2CCN(C3Cc4ccccc4C3)C2)cn1)NO. The maximum atomic E-state index is 11.0. The second kappa shape index (κ2) is 10.5. The highest BCUT2D eigenvalue weighted by molar-refractivity contribution is 5.90. The molecule has 1 fully saturated rings. The maximum Gasteiger partial charge on any atom is 0.267 e. The number of carbonyl (C=O) groups is 1. The third-order valence-electron chi connectivity index (χ3n) is 5.31. The summed E-state index contributed by atoms with van der Waals surface area (Å²) in [6, 6.07) is 9.72. The van der Waals surface area contributed by atoms with E-state index in [1.807, 2.05) is 0 Å². The van der Waals surface area contributed by atoms with E-state index >= 15 is 0 Å². The summed E-state index contributed by atoms with van der Waals surface area (Å²) in [7, 11) is 0. The Bertz CT molecular complexity index is 822. The van der Waals surface area contributed by atoms with E-state index in [0.717, 1.165) is 38.2 Å². The number of hydroxylamine groups is 1. The highest BCUT2D eigenvalue weighted by atomic mass is 35.5. The molecule has 9 heteroatoms. The molecule has 3 N–H and O–H groups in total. The minimum atomic E-state index is -0.598. The number of nitrogens with one attached hydrogen (secondary N) is 2. The van der Waals surface area contributed by atoms with Gasteiger partial charge in [-0.1, -0.05) is 24.3 Å². The van der Waals surface area contributed by atoms with Crippen molar-refractivity contribution in [1.82, 2.24) is 20.3 Å². The first kappa shape index (κ1) is 23.1. The summed E-state index contributed by atoms with van der Waals surface area (Å²) >= 11 is 0. The van der Waals surface area contributed by atoms with E-state index < -0.39 is 5.91 Å². The zero-order valence-corrected chi connectivity index (χ0v) is 17.5. The van der Waals surface area contributed by atoms with Crippen molar-refractivity contribution in [2.24, 2.45) is 0 Å². The summed E-state index contributed by atoms with van der Waals surface area (Å²) in [6.07, 6.45) is 9.35. The molecule has 2 heterocycles. The second-order valence-corrected chi connectivity index (χ2v) is 7.09. The summed E-state index contributed by atoms with van der Waals surface area (Å²) in [5, 5.41) is 11.9. The van der Waals surface area contributed by atoms with Gasteiger partial charge in [0.2, 0.25) is 0 Å². The van der Waals surface area contributed by atoms with Crippen molar-refractivity contribution in [3.05, 3.63) is 59.6 Å². The lowest BCUT2D eigenvalue weighted by Crippen LogP contribution is -2.35. The molecule has 0 unspecified atom stereocenters. The van der Waals surface area contributed by atoms with Crippen LogP contribution in [0, 0.1) is 0 Å². The summed E-state index contributed by atoms with van der Waals surface area (Å²) in [6.45, 7) is 2.11. The average Bonchev–Trinajstić information content (AvgIpc) is 3.33. The minimum Gasteiger partial charge on any atom is -0.365 e. The Morgan fingerprint density at radius 1 is 1.14 bits per heavy atom. The summed E-state index contributed by atoms with van der Waals surface area (Å²) in [5.74, 6) is 0.138. The smallest absolute Gasteiger partial charge is 0.267 e. The number of hydrogen-bond acceptors (Lipinski definition) is 6. The van der Waals surface area contributed by atoms with Crippen LogP contribution in [0.1, 0.15) is 23.2 Å². The molecule has 29 heavy (non-hydrogen) atoms. The Labute approximate surface area is 182 Å². The number of nitrogens with zero attached hydrogens (tertiary/aromatic N) is 3. The van der Waals surface area contributed by atoms with Gasteiger partial charge in [-0.3, -0.25) is 19.9 Å². The normalized spacial score (nSPS) is 18.7. The van der Waals surface area contributed by atoms with Crippen LogP contribution < -0.4 is 10.8 Å². The van der Waals surface area contributed by atoms with E-state index in [2.05, 4.69) is 44.5 Å². The number of anilines is 1. The lowest BCUT2D eigenvalue weighted by molar-refractivity contribution is -0.124. The van der Waals surface area contributed by atoms with Crippen LogP contribution in [0.25, 0.3) is 6.08 Å². The van der Waals surface area contributed by atoms with Gasteiger partial charge in [0.05, 0.1) is 18.1 Å². The summed E-state index contributed by atoms with van der Waals surface area (Å²) < 4.78 is 0. The van der Waals surface area contributed by atoms with Crippen molar-refractivity contribution in [3.8, 4) is 0 Å².